The first-order valence-electron chi connectivity index (χ1n) is 6.98. The average Bonchev–Trinajstić information content (AvgIpc) is 2.67. The quantitative estimate of drug-likeness (QED) is 0.449. The summed E-state index contributed by atoms with van der Waals surface area (Å²) in [4.78, 5) is 36.8. The van der Waals surface area contributed by atoms with Crippen molar-refractivity contribution in [1.82, 2.24) is 4.90 Å². The first kappa shape index (κ1) is 16.9. The first-order chi connectivity index (χ1) is 10.2. The Labute approximate surface area is 132 Å². The number of β-lactam (4-membered cyclic amide) rings is 1. The van der Waals surface area contributed by atoms with Gasteiger partial charge in [0.2, 0.25) is 12.2 Å². The third-order valence-corrected chi connectivity index (χ3v) is 5.10. The van der Waals surface area contributed by atoms with Crippen LogP contribution in [-0.2, 0) is 23.8 Å². The van der Waals surface area contributed by atoms with E-state index in [4.69, 9.17) is 15.2 Å². The van der Waals surface area contributed by atoms with E-state index in [1.165, 1.54) is 23.6 Å². The van der Waals surface area contributed by atoms with Crippen molar-refractivity contribution < 1.29 is 28.6 Å². The molecule has 4 unspecified atom stereocenters. The predicted octanol–water partition coefficient (Wildman–Crippen LogP) is 0.438. The summed E-state index contributed by atoms with van der Waals surface area (Å²) in [7, 11) is 0. The molecule has 9 heteroatoms. The lowest BCUT2D eigenvalue weighted by Crippen LogP contribution is -2.69. The lowest BCUT2D eigenvalue weighted by atomic mass is 9.96. The zero-order valence-corrected chi connectivity index (χ0v) is 13.7. The van der Waals surface area contributed by atoms with Crippen LogP contribution in [0.25, 0.3) is 0 Å². The summed E-state index contributed by atoms with van der Waals surface area (Å²) in [5.74, 6) is -0.902. The number of carbonyl (C=O) groups excluding carboxylic acids is 3. The summed E-state index contributed by atoms with van der Waals surface area (Å²) >= 11 is 1.46. The Hall–Kier alpha value is -1.48. The van der Waals surface area contributed by atoms with Gasteiger partial charge < -0.3 is 24.8 Å². The number of amides is 1. The van der Waals surface area contributed by atoms with Gasteiger partial charge in [0.1, 0.15) is 17.5 Å². The smallest absolute Gasteiger partial charge is 0.435 e. The Bertz CT molecular complexity index is 497. The van der Waals surface area contributed by atoms with Crippen LogP contribution < -0.4 is 5.73 Å². The summed E-state index contributed by atoms with van der Waals surface area (Å²) < 4.78 is 14.0. The zero-order valence-electron chi connectivity index (χ0n) is 12.9. The maximum atomic E-state index is 12.4. The number of fused-ring (bicyclic) bond motifs is 1. The average molecular weight is 332 g/mol. The van der Waals surface area contributed by atoms with E-state index in [-0.39, 0.29) is 17.9 Å². The fourth-order valence-corrected chi connectivity index (χ4v) is 4.13. The Kier molecular flexibility index (Phi) is 4.57. The number of esters is 1. The third-order valence-electron chi connectivity index (χ3n) is 3.51. The molecule has 0 bridgehead atoms. The van der Waals surface area contributed by atoms with Crippen molar-refractivity contribution in [2.24, 2.45) is 5.73 Å². The van der Waals surface area contributed by atoms with Gasteiger partial charge in [-0.15, -0.1) is 11.8 Å². The molecule has 0 aliphatic carbocycles. The second-order valence-electron chi connectivity index (χ2n) is 5.59. The van der Waals surface area contributed by atoms with Gasteiger partial charge in [0.25, 0.3) is 0 Å². The second kappa shape index (κ2) is 5.96. The molecule has 0 saturated carbocycles. The van der Waals surface area contributed by atoms with Gasteiger partial charge in [-0.3, -0.25) is 4.79 Å². The molecular formula is C13H20N2O6S. The van der Waals surface area contributed by atoms with Crippen molar-refractivity contribution in [3.05, 3.63) is 0 Å². The molecule has 0 radical (unpaired) electrons. The fourth-order valence-electron chi connectivity index (χ4n) is 2.56. The minimum Gasteiger partial charge on any atom is -0.435 e. The van der Waals surface area contributed by atoms with Gasteiger partial charge in [0.05, 0.1) is 6.61 Å². The lowest BCUT2D eigenvalue weighted by Gasteiger charge is -2.42. The molecule has 0 spiro atoms. The SMILES string of the molecule is CCOC(=O)OC(C)OC(=O)C1N2C(=O)C(N)C2SC1(C)C. The van der Waals surface area contributed by atoms with Crippen molar-refractivity contribution >= 4 is 29.8 Å². The van der Waals surface area contributed by atoms with Gasteiger partial charge in [-0.2, -0.15) is 0 Å². The van der Waals surface area contributed by atoms with E-state index in [0.717, 1.165) is 0 Å². The van der Waals surface area contributed by atoms with Gasteiger partial charge in [0, 0.05) is 11.7 Å². The molecule has 22 heavy (non-hydrogen) atoms. The molecule has 2 rings (SSSR count). The Balaban J connectivity index is 1.99. The Morgan fingerprint density at radius 3 is 2.64 bits per heavy atom. The molecule has 2 heterocycles. The Morgan fingerprint density at radius 1 is 1.41 bits per heavy atom. The molecule has 2 aliphatic heterocycles. The van der Waals surface area contributed by atoms with Crippen LogP contribution in [0.2, 0.25) is 0 Å². The highest BCUT2D eigenvalue weighted by Gasteiger charge is 2.63. The summed E-state index contributed by atoms with van der Waals surface area (Å²) in [6, 6.07) is -1.35. The van der Waals surface area contributed by atoms with Gasteiger partial charge in [-0.1, -0.05) is 0 Å². The first-order valence-corrected chi connectivity index (χ1v) is 7.86. The van der Waals surface area contributed by atoms with Gasteiger partial charge in [-0.05, 0) is 20.8 Å². The van der Waals surface area contributed by atoms with Crippen molar-refractivity contribution in [1.29, 1.82) is 0 Å². The molecular weight excluding hydrogens is 312 g/mol. The molecule has 1 amide bonds. The third kappa shape index (κ3) is 2.87. The van der Waals surface area contributed by atoms with Crippen LogP contribution >= 0.6 is 11.8 Å². The number of carbonyl (C=O) groups is 3. The molecule has 0 aromatic carbocycles. The standard InChI is InChI=1S/C13H20N2O6S/c1-5-19-12(18)21-6(2)20-11(17)8-13(3,4)22-10-7(14)9(16)15(8)10/h6-8,10H,5,14H2,1-4H3. The summed E-state index contributed by atoms with van der Waals surface area (Å²) in [5.41, 5.74) is 5.74. The van der Waals surface area contributed by atoms with Gasteiger partial charge in [0.15, 0.2) is 0 Å². The Morgan fingerprint density at radius 2 is 2.05 bits per heavy atom. The molecule has 2 aliphatic rings. The van der Waals surface area contributed by atoms with Crippen molar-refractivity contribution in [2.45, 2.75) is 56.2 Å². The number of nitrogens with zero attached hydrogens (tertiary/aromatic N) is 1. The maximum Gasteiger partial charge on any atom is 0.511 e. The van der Waals surface area contributed by atoms with Crippen molar-refractivity contribution in [3.8, 4) is 0 Å². The number of hydrogen-bond donors (Lipinski definition) is 1. The van der Waals surface area contributed by atoms with Crippen LogP contribution in [0.15, 0.2) is 0 Å². The minimum absolute atomic E-state index is 0.160. The molecule has 2 fully saturated rings. The van der Waals surface area contributed by atoms with Crippen LogP contribution in [0.3, 0.4) is 0 Å². The molecule has 124 valence electrons. The lowest BCUT2D eigenvalue weighted by molar-refractivity contribution is -0.180. The molecule has 2 N–H and O–H groups in total. The highest BCUT2D eigenvalue weighted by Crippen LogP contribution is 2.50. The second-order valence-corrected chi connectivity index (χ2v) is 7.36. The highest BCUT2D eigenvalue weighted by molar-refractivity contribution is 8.01. The van der Waals surface area contributed by atoms with E-state index in [9.17, 15) is 14.4 Å². The molecule has 8 nitrogen and oxygen atoms in total. The maximum absolute atomic E-state index is 12.4. The fraction of sp³-hybridized carbons (Fsp3) is 0.769. The topological polar surface area (TPSA) is 108 Å². The van der Waals surface area contributed by atoms with E-state index in [1.54, 1.807) is 6.92 Å². The van der Waals surface area contributed by atoms with Crippen molar-refractivity contribution in [3.63, 3.8) is 0 Å². The summed E-state index contributed by atoms with van der Waals surface area (Å²) in [5, 5.41) is -0.221. The monoisotopic (exact) mass is 332 g/mol. The zero-order chi connectivity index (χ0) is 16.7. The number of hydrogen-bond acceptors (Lipinski definition) is 8. The number of rotatable bonds is 4. The predicted molar refractivity (Wildman–Crippen MR) is 77.7 cm³/mol. The van der Waals surface area contributed by atoms with Crippen LogP contribution in [0.4, 0.5) is 4.79 Å². The van der Waals surface area contributed by atoms with E-state index >= 15 is 0 Å². The van der Waals surface area contributed by atoms with Crippen LogP contribution in [-0.4, -0.2) is 58.0 Å². The molecule has 4 atom stereocenters. The minimum atomic E-state index is -1.10. The number of ether oxygens (including phenoxy) is 3. The summed E-state index contributed by atoms with van der Waals surface area (Å²) in [6.45, 7) is 6.89. The van der Waals surface area contributed by atoms with E-state index in [2.05, 4.69) is 4.74 Å². The number of thioether (sulfide) groups is 1. The van der Waals surface area contributed by atoms with Gasteiger partial charge >= 0.3 is 12.1 Å². The van der Waals surface area contributed by atoms with Crippen molar-refractivity contribution in [2.75, 3.05) is 6.61 Å². The van der Waals surface area contributed by atoms with Gasteiger partial charge in [-0.25, -0.2) is 9.59 Å². The van der Waals surface area contributed by atoms with E-state index in [0.29, 0.717) is 0 Å². The normalized spacial score (nSPS) is 30.1. The largest absolute Gasteiger partial charge is 0.511 e. The van der Waals surface area contributed by atoms with Crippen LogP contribution in [0.1, 0.15) is 27.7 Å². The van der Waals surface area contributed by atoms with E-state index in [1.807, 2.05) is 13.8 Å². The van der Waals surface area contributed by atoms with Crippen LogP contribution in [0.5, 0.6) is 0 Å². The molecule has 2 saturated heterocycles. The van der Waals surface area contributed by atoms with Crippen LogP contribution in [0, 0.1) is 0 Å². The molecule has 0 aromatic rings. The highest BCUT2D eigenvalue weighted by atomic mass is 32.2. The summed E-state index contributed by atoms with van der Waals surface area (Å²) in [6.07, 6.45) is -2.01. The molecule has 0 aromatic heterocycles. The number of nitrogens with two attached hydrogens (primary N) is 1. The van der Waals surface area contributed by atoms with E-state index < -0.39 is 35.2 Å².